The van der Waals surface area contributed by atoms with E-state index >= 15 is 0 Å². The van der Waals surface area contributed by atoms with Crippen molar-refractivity contribution in [2.45, 2.75) is 11.3 Å². The summed E-state index contributed by atoms with van der Waals surface area (Å²) in [6, 6.07) is 7.24. The first-order valence-corrected chi connectivity index (χ1v) is 7.76. The van der Waals surface area contributed by atoms with Crippen LogP contribution in [-0.2, 0) is 17.2 Å². The molecule has 0 saturated carbocycles. The van der Waals surface area contributed by atoms with Crippen LogP contribution in [0.2, 0.25) is 5.02 Å². The van der Waals surface area contributed by atoms with Crippen LogP contribution in [0.25, 0.3) is 0 Å². The summed E-state index contributed by atoms with van der Waals surface area (Å²) in [7, 11) is -1.14. The Hall–Kier alpha value is -0.840. The van der Waals surface area contributed by atoms with E-state index in [-0.39, 0.29) is 0 Å². The van der Waals surface area contributed by atoms with Crippen LogP contribution < -0.4 is 5.73 Å². The molecule has 0 amide bonds. The van der Waals surface area contributed by atoms with Gasteiger partial charge in [-0.15, -0.1) is 0 Å². The van der Waals surface area contributed by atoms with Gasteiger partial charge < -0.3 is 5.73 Å². The van der Waals surface area contributed by atoms with Crippen molar-refractivity contribution in [1.29, 1.82) is 0 Å². The van der Waals surface area contributed by atoms with Crippen LogP contribution in [0.5, 0.6) is 0 Å². The quantitative estimate of drug-likeness (QED) is 0.876. The van der Waals surface area contributed by atoms with E-state index in [0.29, 0.717) is 21.4 Å². The standard InChI is InChI=1S/C12H12ClNOS2/c13-10-2-1-3-11(14)12(10)17(15)7-5-9-4-6-16-8-9/h1-4,6,8H,5,7,14H2. The third kappa shape index (κ3) is 3.09. The zero-order valence-corrected chi connectivity index (χ0v) is 11.4. The van der Waals surface area contributed by atoms with Crippen LogP contribution in [0.4, 0.5) is 5.69 Å². The number of hydrogen-bond donors (Lipinski definition) is 1. The van der Waals surface area contributed by atoms with Gasteiger partial charge >= 0.3 is 0 Å². The first-order valence-electron chi connectivity index (χ1n) is 5.12. The second-order valence-corrected chi connectivity index (χ2v) is 6.28. The van der Waals surface area contributed by atoms with Crippen LogP contribution in [-0.4, -0.2) is 9.96 Å². The smallest absolute Gasteiger partial charge is 0.0803 e. The number of aryl methyl sites for hydroxylation is 1. The zero-order valence-electron chi connectivity index (χ0n) is 9.06. The minimum atomic E-state index is -1.14. The second kappa shape index (κ2) is 5.67. The molecule has 1 atom stereocenters. The van der Waals surface area contributed by atoms with Gasteiger partial charge in [0.2, 0.25) is 0 Å². The molecule has 2 nitrogen and oxygen atoms in total. The van der Waals surface area contributed by atoms with Gasteiger partial charge in [-0.05, 0) is 40.9 Å². The highest BCUT2D eigenvalue weighted by molar-refractivity contribution is 7.85. The van der Waals surface area contributed by atoms with Crippen molar-refractivity contribution in [2.75, 3.05) is 11.5 Å². The molecule has 2 aromatic rings. The fraction of sp³-hybridized carbons (Fsp3) is 0.167. The van der Waals surface area contributed by atoms with E-state index in [1.165, 1.54) is 5.56 Å². The second-order valence-electron chi connectivity index (χ2n) is 3.59. The molecule has 0 fully saturated rings. The van der Waals surface area contributed by atoms with Gasteiger partial charge in [-0.1, -0.05) is 17.7 Å². The maximum atomic E-state index is 12.1. The van der Waals surface area contributed by atoms with E-state index in [2.05, 4.69) is 5.38 Å². The number of halogens is 1. The third-order valence-electron chi connectivity index (χ3n) is 2.38. The lowest BCUT2D eigenvalue weighted by Gasteiger charge is -2.07. The minimum absolute atomic E-state index is 0.480. The van der Waals surface area contributed by atoms with Gasteiger partial charge in [0.15, 0.2) is 0 Å². The largest absolute Gasteiger partial charge is 0.398 e. The number of benzene rings is 1. The summed E-state index contributed by atoms with van der Waals surface area (Å²) < 4.78 is 12.1. The molecule has 90 valence electrons. The summed E-state index contributed by atoms with van der Waals surface area (Å²) in [4.78, 5) is 0.560. The molecule has 1 aromatic carbocycles. The SMILES string of the molecule is Nc1cccc(Cl)c1S(=O)CCc1ccsc1. The Kier molecular flexibility index (Phi) is 4.20. The van der Waals surface area contributed by atoms with Gasteiger partial charge in [0, 0.05) is 11.4 Å². The van der Waals surface area contributed by atoms with Crippen molar-refractivity contribution in [3.05, 3.63) is 45.6 Å². The van der Waals surface area contributed by atoms with Crippen molar-refractivity contribution >= 4 is 39.4 Å². The summed E-state index contributed by atoms with van der Waals surface area (Å²) in [5.74, 6) is 0.546. The Morgan fingerprint density at radius 1 is 1.35 bits per heavy atom. The van der Waals surface area contributed by atoms with Crippen LogP contribution in [0.1, 0.15) is 5.56 Å². The van der Waals surface area contributed by atoms with E-state index in [4.69, 9.17) is 17.3 Å². The zero-order chi connectivity index (χ0) is 12.3. The number of thiophene rings is 1. The molecule has 2 rings (SSSR count). The van der Waals surface area contributed by atoms with E-state index in [0.717, 1.165) is 6.42 Å². The van der Waals surface area contributed by atoms with Crippen LogP contribution >= 0.6 is 22.9 Å². The average Bonchev–Trinajstić information content (AvgIpc) is 2.79. The normalized spacial score (nSPS) is 12.5. The van der Waals surface area contributed by atoms with Gasteiger partial charge in [0.1, 0.15) is 0 Å². The van der Waals surface area contributed by atoms with Crippen molar-refractivity contribution in [2.24, 2.45) is 0 Å². The highest BCUT2D eigenvalue weighted by Gasteiger charge is 2.12. The fourth-order valence-corrected chi connectivity index (χ4v) is 3.90. The van der Waals surface area contributed by atoms with E-state index in [1.807, 2.05) is 11.4 Å². The topological polar surface area (TPSA) is 43.1 Å². The highest BCUT2D eigenvalue weighted by atomic mass is 35.5. The minimum Gasteiger partial charge on any atom is -0.398 e. The molecule has 0 saturated heterocycles. The maximum Gasteiger partial charge on any atom is 0.0803 e. The lowest BCUT2D eigenvalue weighted by molar-refractivity contribution is 0.682. The molecule has 5 heteroatoms. The Morgan fingerprint density at radius 3 is 2.82 bits per heavy atom. The van der Waals surface area contributed by atoms with Gasteiger partial charge in [-0.25, -0.2) is 0 Å². The number of hydrogen-bond acceptors (Lipinski definition) is 3. The molecule has 0 bridgehead atoms. The van der Waals surface area contributed by atoms with Crippen molar-refractivity contribution in [1.82, 2.24) is 0 Å². The molecule has 0 aliphatic rings. The summed E-state index contributed by atoms with van der Waals surface area (Å²) in [5.41, 5.74) is 7.50. The Balaban J connectivity index is 2.10. The number of nitrogens with two attached hydrogens (primary N) is 1. The van der Waals surface area contributed by atoms with Crippen molar-refractivity contribution in [3.8, 4) is 0 Å². The van der Waals surface area contributed by atoms with Gasteiger partial charge in [0.25, 0.3) is 0 Å². The molecule has 1 aromatic heterocycles. The van der Waals surface area contributed by atoms with Crippen molar-refractivity contribution < 1.29 is 4.21 Å². The summed E-state index contributed by atoms with van der Waals surface area (Å²) >= 11 is 7.66. The lowest BCUT2D eigenvalue weighted by Crippen LogP contribution is -2.04. The monoisotopic (exact) mass is 285 g/mol. The molecule has 0 aliphatic heterocycles. The predicted octanol–water partition coefficient (Wildman–Crippen LogP) is 3.33. The van der Waals surface area contributed by atoms with Crippen LogP contribution in [0.15, 0.2) is 39.9 Å². The van der Waals surface area contributed by atoms with Gasteiger partial charge in [-0.3, -0.25) is 4.21 Å². The van der Waals surface area contributed by atoms with E-state index in [9.17, 15) is 4.21 Å². The van der Waals surface area contributed by atoms with E-state index < -0.39 is 10.8 Å². The first kappa shape index (κ1) is 12.6. The Bertz CT molecular complexity index is 505. The molecular formula is C12H12ClNOS2. The molecule has 1 heterocycles. The number of rotatable bonds is 4. The van der Waals surface area contributed by atoms with Crippen LogP contribution in [0.3, 0.4) is 0 Å². The summed E-state index contributed by atoms with van der Waals surface area (Å²) in [5, 5.41) is 4.56. The van der Waals surface area contributed by atoms with Crippen LogP contribution in [0, 0.1) is 0 Å². The number of nitrogen functional groups attached to an aromatic ring is 1. The molecule has 1 unspecified atom stereocenters. The third-order valence-corrected chi connectivity index (χ3v) is 5.03. The summed E-state index contributed by atoms with van der Waals surface area (Å²) in [6.45, 7) is 0. The molecule has 17 heavy (non-hydrogen) atoms. The first-order chi connectivity index (χ1) is 8.18. The molecule has 0 radical (unpaired) electrons. The summed E-state index contributed by atoms with van der Waals surface area (Å²) in [6.07, 6.45) is 0.779. The van der Waals surface area contributed by atoms with Gasteiger partial charge in [-0.2, -0.15) is 11.3 Å². The Morgan fingerprint density at radius 2 is 2.18 bits per heavy atom. The number of anilines is 1. The predicted molar refractivity (Wildman–Crippen MR) is 75.2 cm³/mol. The lowest BCUT2D eigenvalue weighted by atomic mass is 10.3. The molecule has 2 N–H and O–H groups in total. The van der Waals surface area contributed by atoms with Crippen molar-refractivity contribution in [3.63, 3.8) is 0 Å². The average molecular weight is 286 g/mol. The van der Waals surface area contributed by atoms with Gasteiger partial charge in [0.05, 0.1) is 20.7 Å². The van der Waals surface area contributed by atoms with E-state index in [1.54, 1.807) is 29.5 Å². The fourth-order valence-electron chi connectivity index (χ4n) is 1.51. The highest BCUT2D eigenvalue weighted by Crippen LogP contribution is 2.26. The Labute approximate surface area is 112 Å². The maximum absolute atomic E-state index is 12.1. The molecule has 0 aliphatic carbocycles. The molecule has 0 spiro atoms. The molecular weight excluding hydrogens is 274 g/mol.